The zero-order valence-corrected chi connectivity index (χ0v) is 12.8. The van der Waals surface area contributed by atoms with Gasteiger partial charge in [-0.25, -0.2) is 0 Å². The predicted octanol–water partition coefficient (Wildman–Crippen LogP) is 1.55. The van der Waals surface area contributed by atoms with Crippen molar-refractivity contribution in [1.82, 2.24) is 9.80 Å². The van der Waals surface area contributed by atoms with Crippen molar-refractivity contribution < 1.29 is 9.53 Å². The Morgan fingerprint density at radius 3 is 2.67 bits per heavy atom. The Hall–Kier alpha value is -1.39. The van der Waals surface area contributed by atoms with Crippen molar-refractivity contribution in [2.24, 2.45) is 0 Å². The average Bonchev–Trinajstić information content (AvgIpc) is 2.95. The van der Waals surface area contributed by atoms with Crippen molar-refractivity contribution in [2.45, 2.75) is 24.8 Å². The molecule has 114 valence electrons. The Balaban J connectivity index is 1.56. The van der Waals surface area contributed by atoms with Crippen LogP contribution in [0.5, 0.6) is 0 Å². The molecule has 3 rings (SSSR count). The van der Waals surface area contributed by atoms with Gasteiger partial charge in [0.25, 0.3) is 0 Å². The van der Waals surface area contributed by atoms with Crippen LogP contribution in [0.1, 0.15) is 18.4 Å². The summed E-state index contributed by atoms with van der Waals surface area (Å²) in [5, 5.41) is 0. The van der Waals surface area contributed by atoms with Crippen molar-refractivity contribution >= 4 is 5.91 Å². The van der Waals surface area contributed by atoms with Crippen LogP contribution in [-0.2, 0) is 16.0 Å². The van der Waals surface area contributed by atoms with Gasteiger partial charge in [-0.3, -0.25) is 9.69 Å². The number of hydrogen-bond acceptors (Lipinski definition) is 3. The van der Waals surface area contributed by atoms with Crippen LogP contribution in [-0.4, -0.2) is 61.1 Å². The lowest BCUT2D eigenvalue weighted by Gasteiger charge is -2.50. The molecule has 0 aromatic heterocycles. The van der Waals surface area contributed by atoms with Crippen LogP contribution in [0.4, 0.5) is 0 Å². The number of ether oxygens (including phenoxy) is 1. The van der Waals surface area contributed by atoms with Crippen molar-refractivity contribution in [1.29, 1.82) is 0 Å². The van der Waals surface area contributed by atoms with Crippen LogP contribution in [0, 0.1) is 0 Å². The van der Waals surface area contributed by atoms with Crippen molar-refractivity contribution in [2.75, 3.05) is 39.9 Å². The number of rotatable bonds is 5. The highest BCUT2D eigenvalue weighted by atomic mass is 16.5. The fraction of sp³-hybridized carbons (Fsp3) is 0.588. The van der Waals surface area contributed by atoms with Gasteiger partial charge < -0.3 is 9.64 Å². The van der Waals surface area contributed by atoms with E-state index in [0.29, 0.717) is 6.42 Å². The van der Waals surface area contributed by atoms with Gasteiger partial charge in [-0.05, 0) is 18.4 Å². The summed E-state index contributed by atoms with van der Waals surface area (Å²) in [4.78, 5) is 17.0. The lowest BCUT2D eigenvalue weighted by molar-refractivity contribution is -0.130. The monoisotopic (exact) mass is 288 g/mol. The van der Waals surface area contributed by atoms with Crippen LogP contribution >= 0.6 is 0 Å². The standard InChI is InChI=1S/C17H24N2O2/c1-21-12-11-19-10-8-17(19)7-9-18(14-17)16(20)13-15-5-3-2-4-6-15/h2-6H,7-14H2,1H3/t17-/m1/s1. The SMILES string of the molecule is COCCN1CC[C@@]12CCN(C(=O)Cc1ccccc1)C2. The van der Waals surface area contributed by atoms with Crippen LogP contribution < -0.4 is 0 Å². The molecule has 1 aromatic rings. The first-order valence-corrected chi connectivity index (χ1v) is 7.79. The van der Waals surface area contributed by atoms with E-state index >= 15 is 0 Å². The Bertz CT molecular complexity index is 491. The number of nitrogens with zero attached hydrogens (tertiary/aromatic N) is 2. The fourth-order valence-corrected chi connectivity index (χ4v) is 3.55. The van der Waals surface area contributed by atoms with Gasteiger partial charge in [-0.15, -0.1) is 0 Å². The maximum Gasteiger partial charge on any atom is 0.227 e. The van der Waals surface area contributed by atoms with Gasteiger partial charge in [0.05, 0.1) is 13.0 Å². The number of hydrogen-bond donors (Lipinski definition) is 0. The first kappa shape index (κ1) is 14.5. The molecule has 1 spiro atoms. The van der Waals surface area contributed by atoms with E-state index in [-0.39, 0.29) is 11.4 Å². The second-order valence-electron chi connectivity index (χ2n) is 6.18. The topological polar surface area (TPSA) is 32.8 Å². The lowest BCUT2D eigenvalue weighted by atomic mass is 9.84. The van der Waals surface area contributed by atoms with Gasteiger partial charge in [0.2, 0.25) is 5.91 Å². The minimum absolute atomic E-state index is 0.241. The first-order valence-electron chi connectivity index (χ1n) is 7.79. The quantitative estimate of drug-likeness (QED) is 0.824. The third-order valence-electron chi connectivity index (χ3n) is 4.97. The van der Waals surface area contributed by atoms with E-state index in [1.807, 2.05) is 35.2 Å². The van der Waals surface area contributed by atoms with E-state index < -0.39 is 0 Å². The maximum atomic E-state index is 12.4. The summed E-state index contributed by atoms with van der Waals surface area (Å²) in [7, 11) is 1.75. The van der Waals surface area contributed by atoms with E-state index in [4.69, 9.17) is 4.74 Å². The second kappa shape index (κ2) is 6.16. The minimum atomic E-state index is 0.241. The number of benzene rings is 1. The van der Waals surface area contributed by atoms with Crippen molar-refractivity contribution in [3.8, 4) is 0 Å². The zero-order valence-electron chi connectivity index (χ0n) is 12.8. The second-order valence-corrected chi connectivity index (χ2v) is 6.18. The molecule has 2 aliphatic rings. The molecule has 2 saturated heterocycles. The van der Waals surface area contributed by atoms with Crippen molar-refractivity contribution in [3.63, 3.8) is 0 Å². The van der Waals surface area contributed by atoms with E-state index in [9.17, 15) is 4.79 Å². The summed E-state index contributed by atoms with van der Waals surface area (Å²) in [6.45, 7) is 4.69. The van der Waals surface area contributed by atoms with Gasteiger partial charge in [-0.1, -0.05) is 30.3 Å². The molecule has 1 atom stereocenters. The maximum absolute atomic E-state index is 12.4. The molecule has 0 N–H and O–H groups in total. The number of methoxy groups -OCH3 is 1. The highest BCUT2D eigenvalue weighted by molar-refractivity contribution is 5.79. The van der Waals surface area contributed by atoms with E-state index in [0.717, 1.165) is 44.8 Å². The molecule has 4 heteroatoms. The minimum Gasteiger partial charge on any atom is -0.383 e. The molecule has 0 unspecified atom stereocenters. The summed E-state index contributed by atoms with van der Waals surface area (Å²) in [5.41, 5.74) is 1.35. The number of carbonyl (C=O) groups is 1. The summed E-state index contributed by atoms with van der Waals surface area (Å²) >= 11 is 0. The molecule has 0 aliphatic carbocycles. The third-order valence-corrected chi connectivity index (χ3v) is 4.97. The molecule has 0 bridgehead atoms. The summed E-state index contributed by atoms with van der Waals surface area (Å²) in [6, 6.07) is 10.0. The Morgan fingerprint density at radius 1 is 1.24 bits per heavy atom. The fourth-order valence-electron chi connectivity index (χ4n) is 3.55. The zero-order chi connectivity index (χ0) is 14.7. The normalized spacial score (nSPS) is 25.3. The van der Waals surface area contributed by atoms with E-state index in [1.165, 1.54) is 6.42 Å². The number of carbonyl (C=O) groups excluding carboxylic acids is 1. The number of likely N-dealkylation sites (tertiary alicyclic amines) is 2. The molecule has 2 aliphatic heterocycles. The average molecular weight is 288 g/mol. The molecule has 2 heterocycles. The van der Waals surface area contributed by atoms with Crippen LogP contribution in [0.25, 0.3) is 0 Å². The van der Waals surface area contributed by atoms with Crippen LogP contribution in [0.15, 0.2) is 30.3 Å². The molecule has 2 fully saturated rings. The van der Waals surface area contributed by atoms with Gasteiger partial charge in [0.1, 0.15) is 0 Å². The third kappa shape index (κ3) is 2.97. The first-order chi connectivity index (χ1) is 10.2. The van der Waals surface area contributed by atoms with Gasteiger partial charge in [0.15, 0.2) is 0 Å². The van der Waals surface area contributed by atoms with E-state index in [1.54, 1.807) is 7.11 Å². The highest BCUT2D eigenvalue weighted by Gasteiger charge is 2.49. The molecule has 21 heavy (non-hydrogen) atoms. The van der Waals surface area contributed by atoms with Crippen LogP contribution in [0.3, 0.4) is 0 Å². The summed E-state index contributed by atoms with van der Waals surface area (Å²) in [5.74, 6) is 0.261. The van der Waals surface area contributed by atoms with Crippen LogP contribution in [0.2, 0.25) is 0 Å². The summed E-state index contributed by atoms with van der Waals surface area (Å²) in [6.07, 6.45) is 2.85. The molecule has 1 aromatic carbocycles. The van der Waals surface area contributed by atoms with Crippen molar-refractivity contribution in [3.05, 3.63) is 35.9 Å². The smallest absolute Gasteiger partial charge is 0.227 e. The molecule has 0 saturated carbocycles. The van der Waals surface area contributed by atoms with E-state index in [2.05, 4.69) is 4.90 Å². The lowest BCUT2D eigenvalue weighted by Crippen LogP contribution is -2.62. The van der Waals surface area contributed by atoms with Gasteiger partial charge in [-0.2, -0.15) is 0 Å². The Morgan fingerprint density at radius 2 is 2.00 bits per heavy atom. The summed E-state index contributed by atoms with van der Waals surface area (Å²) < 4.78 is 5.18. The predicted molar refractivity (Wildman–Crippen MR) is 82.1 cm³/mol. The Kier molecular flexibility index (Phi) is 4.27. The molecule has 0 radical (unpaired) electrons. The molecular formula is C17H24N2O2. The molecule has 1 amide bonds. The van der Waals surface area contributed by atoms with Gasteiger partial charge >= 0.3 is 0 Å². The highest BCUT2D eigenvalue weighted by Crippen LogP contribution is 2.38. The molecule has 4 nitrogen and oxygen atoms in total. The Labute approximate surface area is 126 Å². The molecular weight excluding hydrogens is 264 g/mol. The largest absolute Gasteiger partial charge is 0.383 e. The number of amides is 1. The van der Waals surface area contributed by atoms with Gasteiger partial charge in [0, 0.05) is 38.8 Å².